The van der Waals surface area contributed by atoms with Crippen LogP contribution in [0.4, 0.5) is 0 Å². The number of carbonyl (C=O) groups excluding carboxylic acids is 1. The third-order valence-corrected chi connectivity index (χ3v) is 5.52. The molecule has 0 aliphatic carbocycles. The van der Waals surface area contributed by atoms with E-state index in [2.05, 4.69) is 15.0 Å². The van der Waals surface area contributed by atoms with Crippen molar-refractivity contribution in [2.45, 2.75) is 58.5 Å². The number of carbonyl (C=O) groups is 1. The molecule has 0 aromatic carbocycles. The maximum atomic E-state index is 12.3. The van der Waals surface area contributed by atoms with Gasteiger partial charge in [0.25, 0.3) is 5.56 Å². The largest absolute Gasteiger partial charge is 0.466 e. The Morgan fingerprint density at radius 3 is 3.00 bits per heavy atom. The first-order valence-electron chi connectivity index (χ1n) is 8.89. The molecule has 0 N–H and O–H groups in total. The number of aromatic nitrogens is 3. The van der Waals surface area contributed by atoms with Gasteiger partial charge in [-0.2, -0.15) is 9.61 Å². The van der Waals surface area contributed by atoms with Gasteiger partial charge in [0.15, 0.2) is 0 Å². The Morgan fingerprint density at radius 2 is 2.24 bits per heavy atom. The summed E-state index contributed by atoms with van der Waals surface area (Å²) in [7, 11) is 0. The van der Waals surface area contributed by atoms with E-state index in [1.807, 2.05) is 13.8 Å². The number of piperidine rings is 1. The van der Waals surface area contributed by atoms with Crippen molar-refractivity contribution in [1.82, 2.24) is 19.5 Å². The molecule has 3 heterocycles. The van der Waals surface area contributed by atoms with Crippen molar-refractivity contribution in [1.29, 1.82) is 0 Å². The molecule has 2 aromatic rings. The minimum Gasteiger partial charge on any atom is -0.466 e. The number of rotatable bonds is 6. The fourth-order valence-corrected chi connectivity index (χ4v) is 4.10. The highest BCUT2D eigenvalue weighted by Crippen LogP contribution is 2.22. The van der Waals surface area contributed by atoms with Crippen molar-refractivity contribution in [3.05, 3.63) is 27.1 Å². The van der Waals surface area contributed by atoms with E-state index in [1.54, 1.807) is 6.07 Å². The first-order chi connectivity index (χ1) is 12.1. The summed E-state index contributed by atoms with van der Waals surface area (Å²) in [5, 5.41) is 5.18. The van der Waals surface area contributed by atoms with E-state index in [9.17, 15) is 9.59 Å². The number of nitrogens with zero attached hydrogens (tertiary/aromatic N) is 4. The van der Waals surface area contributed by atoms with E-state index >= 15 is 0 Å². The van der Waals surface area contributed by atoms with E-state index in [0.29, 0.717) is 24.5 Å². The maximum absolute atomic E-state index is 12.3. The van der Waals surface area contributed by atoms with E-state index < -0.39 is 0 Å². The third kappa shape index (κ3) is 4.24. The SMILES string of the molecule is CCOC(=O)C[C@H]1CCCCN1Cc1cc(=O)n2nc(CC)sc2n1. The molecule has 8 heteroatoms. The monoisotopic (exact) mass is 364 g/mol. The highest BCUT2D eigenvalue weighted by atomic mass is 32.1. The van der Waals surface area contributed by atoms with Gasteiger partial charge in [-0.3, -0.25) is 14.5 Å². The molecule has 1 aliphatic heterocycles. The lowest BCUT2D eigenvalue weighted by Crippen LogP contribution is -2.41. The van der Waals surface area contributed by atoms with Gasteiger partial charge < -0.3 is 4.74 Å². The molecule has 7 nitrogen and oxygen atoms in total. The molecule has 25 heavy (non-hydrogen) atoms. The zero-order valence-corrected chi connectivity index (χ0v) is 15.5. The Balaban J connectivity index is 1.78. The highest BCUT2D eigenvalue weighted by molar-refractivity contribution is 7.16. The molecule has 0 bridgehead atoms. The molecular weight excluding hydrogens is 340 g/mol. The Labute approximate surface area is 150 Å². The molecule has 1 aliphatic rings. The van der Waals surface area contributed by atoms with Gasteiger partial charge in [0.05, 0.1) is 18.7 Å². The van der Waals surface area contributed by atoms with Crippen molar-refractivity contribution in [3.8, 4) is 0 Å². The van der Waals surface area contributed by atoms with Gasteiger partial charge in [0.2, 0.25) is 4.96 Å². The number of fused-ring (bicyclic) bond motifs is 1. The van der Waals surface area contributed by atoms with Crippen LogP contribution in [0, 0.1) is 0 Å². The molecule has 136 valence electrons. The first-order valence-corrected chi connectivity index (χ1v) is 9.70. The second kappa shape index (κ2) is 8.05. The van der Waals surface area contributed by atoms with Gasteiger partial charge in [-0.15, -0.1) is 0 Å². The zero-order chi connectivity index (χ0) is 17.8. The van der Waals surface area contributed by atoms with Crippen molar-refractivity contribution in [2.75, 3.05) is 13.2 Å². The van der Waals surface area contributed by atoms with Gasteiger partial charge >= 0.3 is 5.97 Å². The van der Waals surface area contributed by atoms with Crippen LogP contribution in [0.2, 0.25) is 0 Å². The summed E-state index contributed by atoms with van der Waals surface area (Å²) < 4.78 is 6.47. The molecule has 1 fully saturated rings. The normalized spacial score (nSPS) is 18.6. The summed E-state index contributed by atoms with van der Waals surface area (Å²) in [5.41, 5.74) is 0.599. The van der Waals surface area contributed by atoms with Gasteiger partial charge in [-0.25, -0.2) is 4.98 Å². The first kappa shape index (κ1) is 18.0. The van der Waals surface area contributed by atoms with Crippen LogP contribution in [0.25, 0.3) is 4.96 Å². The molecule has 1 saturated heterocycles. The summed E-state index contributed by atoms with van der Waals surface area (Å²) in [5.74, 6) is -0.155. The Morgan fingerprint density at radius 1 is 1.40 bits per heavy atom. The van der Waals surface area contributed by atoms with E-state index in [-0.39, 0.29) is 17.6 Å². The van der Waals surface area contributed by atoms with Crippen LogP contribution in [0.3, 0.4) is 0 Å². The minimum atomic E-state index is -0.155. The lowest BCUT2D eigenvalue weighted by atomic mass is 9.99. The molecular formula is C17H24N4O3S. The number of esters is 1. The van der Waals surface area contributed by atoms with Crippen molar-refractivity contribution in [3.63, 3.8) is 0 Å². The summed E-state index contributed by atoms with van der Waals surface area (Å²) >= 11 is 1.45. The fourth-order valence-electron chi connectivity index (χ4n) is 3.24. The number of ether oxygens (including phenoxy) is 1. The molecule has 0 unspecified atom stereocenters. The predicted octanol–water partition coefficient (Wildman–Crippen LogP) is 2.02. The fraction of sp³-hybridized carbons (Fsp3) is 0.647. The molecule has 0 radical (unpaired) electrons. The third-order valence-electron chi connectivity index (χ3n) is 4.46. The number of hydrogen-bond donors (Lipinski definition) is 0. The van der Waals surface area contributed by atoms with Crippen LogP contribution >= 0.6 is 11.3 Å². The number of aryl methyl sites for hydroxylation is 1. The van der Waals surface area contributed by atoms with Crippen molar-refractivity contribution >= 4 is 22.3 Å². The predicted molar refractivity (Wildman–Crippen MR) is 95.8 cm³/mol. The molecule has 1 atom stereocenters. The Bertz CT molecular complexity index is 801. The zero-order valence-electron chi connectivity index (χ0n) is 14.7. The van der Waals surface area contributed by atoms with Gasteiger partial charge in [0.1, 0.15) is 5.01 Å². The van der Waals surface area contributed by atoms with E-state index in [0.717, 1.165) is 42.9 Å². The quantitative estimate of drug-likeness (QED) is 0.730. The van der Waals surface area contributed by atoms with Crippen molar-refractivity contribution in [2.24, 2.45) is 0 Å². The van der Waals surface area contributed by atoms with Gasteiger partial charge in [-0.1, -0.05) is 24.7 Å². The summed E-state index contributed by atoms with van der Waals surface area (Å²) in [6.45, 7) is 5.73. The van der Waals surface area contributed by atoms with Crippen molar-refractivity contribution < 1.29 is 9.53 Å². The molecule has 0 amide bonds. The average Bonchev–Trinajstić information content (AvgIpc) is 3.01. The second-order valence-corrected chi connectivity index (χ2v) is 7.30. The lowest BCUT2D eigenvalue weighted by molar-refractivity contribution is -0.145. The maximum Gasteiger partial charge on any atom is 0.307 e. The van der Waals surface area contributed by atoms with Crippen LogP contribution in [-0.4, -0.2) is 44.7 Å². The summed E-state index contributed by atoms with van der Waals surface area (Å²) in [6.07, 6.45) is 4.37. The van der Waals surface area contributed by atoms with Crippen LogP contribution in [0.15, 0.2) is 10.9 Å². The van der Waals surface area contributed by atoms with Crippen LogP contribution in [0.1, 0.15) is 50.2 Å². The summed E-state index contributed by atoms with van der Waals surface area (Å²) in [6, 6.07) is 1.71. The second-order valence-electron chi connectivity index (χ2n) is 6.26. The number of likely N-dealkylation sites (tertiary alicyclic amines) is 1. The summed E-state index contributed by atoms with van der Waals surface area (Å²) in [4.78, 5) is 31.6. The van der Waals surface area contributed by atoms with E-state index in [1.165, 1.54) is 15.9 Å². The van der Waals surface area contributed by atoms with Gasteiger partial charge in [-0.05, 0) is 32.7 Å². The molecule has 3 rings (SSSR count). The average molecular weight is 364 g/mol. The minimum absolute atomic E-state index is 0.144. The number of hydrogen-bond acceptors (Lipinski definition) is 7. The smallest absolute Gasteiger partial charge is 0.307 e. The standard InChI is InChI=1S/C17H24N4O3S/c1-3-14-19-21-15(22)9-12(18-17(21)25-14)11-20-8-6-5-7-13(20)10-16(23)24-4-2/h9,13H,3-8,10-11H2,1-2H3/t13-/m1/s1. The molecule has 0 saturated carbocycles. The molecule has 2 aromatic heterocycles. The van der Waals surface area contributed by atoms with Crippen LogP contribution in [-0.2, 0) is 22.5 Å². The Hall–Kier alpha value is -1.80. The molecule has 0 spiro atoms. The highest BCUT2D eigenvalue weighted by Gasteiger charge is 2.26. The van der Waals surface area contributed by atoms with E-state index in [4.69, 9.17) is 4.74 Å². The van der Waals surface area contributed by atoms with Crippen LogP contribution < -0.4 is 5.56 Å². The topological polar surface area (TPSA) is 76.8 Å². The van der Waals surface area contributed by atoms with Gasteiger partial charge in [0, 0.05) is 18.7 Å². The lowest BCUT2D eigenvalue weighted by Gasteiger charge is -2.34. The Kier molecular flexibility index (Phi) is 5.80. The van der Waals surface area contributed by atoms with Crippen LogP contribution in [0.5, 0.6) is 0 Å².